The molecule has 0 aromatic heterocycles. The van der Waals surface area contributed by atoms with Crippen LogP contribution in [0.4, 0.5) is 0 Å². The van der Waals surface area contributed by atoms with Crippen LogP contribution in [0.2, 0.25) is 0 Å². The van der Waals surface area contributed by atoms with Gasteiger partial charge in [-0.2, -0.15) is 0 Å². The molecule has 0 bridgehead atoms. The molecule has 0 aromatic carbocycles. The number of hydrogen-bond acceptors (Lipinski definition) is 5. The lowest BCUT2D eigenvalue weighted by molar-refractivity contribution is -0.132. The van der Waals surface area contributed by atoms with Gasteiger partial charge in [-0.05, 0) is 38.5 Å². The number of aliphatic hydroxyl groups excluding tert-OH is 4. The molecule has 4 atom stereocenters. The second-order valence-corrected chi connectivity index (χ2v) is 11.9. The molecule has 6 heteroatoms. The van der Waals surface area contributed by atoms with E-state index in [1.54, 1.807) is 0 Å². The number of rotatable bonds is 30. The highest BCUT2D eigenvalue weighted by Crippen LogP contribution is 2.15. The van der Waals surface area contributed by atoms with E-state index in [4.69, 9.17) is 0 Å². The van der Waals surface area contributed by atoms with Crippen LogP contribution >= 0.6 is 0 Å². The molecule has 4 unspecified atom stereocenters. The van der Waals surface area contributed by atoms with Gasteiger partial charge in [-0.25, -0.2) is 0 Å². The average molecular weight is 570 g/mol. The summed E-state index contributed by atoms with van der Waals surface area (Å²) in [5, 5.41) is 43.2. The summed E-state index contributed by atoms with van der Waals surface area (Å²) < 4.78 is 0. The molecular formula is C34H67NO5. The lowest BCUT2D eigenvalue weighted by Gasteiger charge is -2.27. The van der Waals surface area contributed by atoms with Crippen LogP contribution in [0.15, 0.2) is 12.2 Å². The first kappa shape index (κ1) is 39.0. The standard InChI is InChI=1S/C34H67NO5/c1-3-5-7-9-11-13-15-16-17-18-20-22-24-26-28-32(38)34(40)35-30(29-36)33(39)31(37)27-25-23-21-19-14-12-10-8-6-4-2/h13,15,30-33,36-39H,3-12,14,16-29H2,1-2H3,(H,35,40)/b15-13-. The number of amides is 1. The van der Waals surface area contributed by atoms with Crippen molar-refractivity contribution in [2.45, 2.75) is 192 Å². The summed E-state index contributed by atoms with van der Waals surface area (Å²) in [7, 11) is 0. The third-order valence-corrected chi connectivity index (χ3v) is 7.98. The number of aliphatic hydroxyl groups is 4. The third kappa shape index (κ3) is 23.7. The van der Waals surface area contributed by atoms with E-state index >= 15 is 0 Å². The molecule has 0 aliphatic heterocycles. The zero-order valence-corrected chi connectivity index (χ0v) is 26.3. The maximum absolute atomic E-state index is 12.4. The summed E-state index contributed by atoms with van der Waals surface area (Å²) in [6.45, 7) is 3.98. The Balaban J connectivity index is 3.86. The van der Waals surface area contributed by atoms with E-state index in [0.29, 0.717) is 12.8 Å². The molecule has 5 N–H and O–H groups in total. The van der Waals surface area contributed by atoms with Crippen molar-refractivity contribution in [3.8, 4) is 0 Å². The highest BCUT2D eigenvalue weighted by molar-refractivity contribution is 5.80. The number of unbranched alkanes of at least 4 members (excludes halogenated alkanes) is 19. The maximum atomic E-state index is 12.4. The van der Waals surface area contributed by atoms with Crippen LogP contribution in [0.1, 0.15) is 168 Å². The fraction of sp³-hybridized carbons (Fsp3) is 0.912. The van der Waals surface area contributed by atoms with Gasteiger partial charge >= 0.3 is 0 Å². The summed E-state index contributed by atoms with van der Waals surface area (Å²) in [6.07, 6.45) is 28.0. The largest absolute Gasteiger partial charge is 0.394 e. The first-order valence-electron chi connectivity index (χ1n) is 17.1. The molecule has 0 saturated carbocycles. The van der Waals surface area contributed by atoms with E-state index in [1.807, 2.05) is 0 Å². The molecule has 0 rings (SSSR count). The minimum Gasteiger partial charge on any atom is -0.394 e. The van der Waals surface area contributed by atoms with Crippen molar-refractivity contribution in [3.05, 3.63) is 12.2 Å². The van der Waals surface area contributed by atoms with Gasteiger partial charge in [0.2, 0.25) is 5.91 Å². The smallest absolute Gasteiger partial charge is 0.249 e. The lowest BCUT2D eigenvalue weighted by atomic mass is 9.99. The van der Waals surface area contributed by atoms with Gasteiger partial charge in [0, 0.05) is 0 Å². The SMILES string of the molecule is CCCCCC/C=C\CCCCCCCCC(O)C(=O)NC(CO)C(O)C(O)CCCCCCCCCCCC. The Hall–Kier alpha value is -0.950. The fourth-order valence-electron chi connectivity index (χ4n) is 5.16. The third-order valence-electron chi connectivity index (χ3n) is 7.98. The second-order valence-electron chi connectivity index (χ2n) is 11.9. The Morgan fingerprint density at radius 2 is 1.00 bits per heavy atom. The predicted molar refractivity (Wildman–Crippen MR) is 168 cm³/mol. The van der Waals surface area contributed by atoms with Crippen molar-refractivity contribution < 1.29 is 25.2 Å². The minimum atomic E-state index is -1.25. The fourth-order valence-corrected chi connectivity index (χ4v) is 5.16. The first-order chi connectivity index (χ1) is 19.5. The van der Waals surface area contributed by atoms with E-state index in [0.717, 1.165) is 44.9 Å². The van der Waals surface area contributed by atoms with E-state index in [2.05, 4.69) is 31.3 Å². The summed E-state index contributed by atoms with van der Waals surface area (Å²) in [5.41, 5.74) is 0. The van der Waals surface area contributed by atoms with Gasteiger partial charge in [0.15, 0.2) is 0 Å². The average Bonchev–Trinajstić information content (AvgIpc) is 2.96. The quantitative estimate of drug-likeness (QED) is 0.0454. The van der Waals surface area contributed by atoms with Gasteiger partial charge in [-0.1, -0.05) is 142 Å². The molecule has 0 aliphatic rings. The van der Waals surface area contributed by atoms with Crippen LogP contribution in [-0.2, 0) is 4.79 Å². The van der Waals surface area contributed by atoms with E-state index < -0.39 is 36.9 Å². The minimum absolute atomic E-state index is 0.363. The molecule has 0 saturated heterocycles. The zero-order valence-electron chi connectivity index (χ0n) is 26.3. The van der Waals surface area contributed by atoms with E-state index in [9.17, 15) is 25.2 Å². The van der Waals surface area contributed by atoms with Crippen LogP contribution in [0.5, 0.6) is 0 Å². The topological polar surface area (TPSA) is 110 Å². The molecule has 238 valence electrons. The molecule has 1 amide bonds. The molecule has 0 radical (unpaired) electrons. The van der Waals surface area contributed by atoms with Crippen molar-refractivity contribution >= 4 is 5.91 Å². The number of carbonyl (C=O) groups excluding carboxylic acids is 1. The molecule has 0 aromatic rings. The van der Waals surface area contributed by atoms with Crippen molar-refractivity contribution in [2.75, 3.05) is 6.61 Å². The zero-order chi connectivity index (χ0) is 29.7. The predicted octanol–water partition coefficient (Wildman–Crippen LogP) is 7.50. The monoisotopic (exact) mass is 570 g/mol. The molecule has 40 heavy (non-hydrogen) atoms. The van der Waals surface area contributed by atoms with Crippen molar-refractivity contribution in [1.82, 2.24) is 5.32 Å². The maximum Gasteiger partial charge on any atom is 0.249 e. The number of carbonyl (C=O) groups is 1. The molecule has 0 spiro atoms. The first-order valence-corrected chi connectivity index (χ1v) is 17.1. The Morgan fingerprint density at radius 1 is 0.600 bits per heavy atom. The highest BCUT2D eigenvalue weighted by atomic mass is 16.3. The second kappa shape index (κ2) is 29.5. The van der Waals surface area contributed by atoms with E-state index in [-0.39, 0.29) is 0 Å². The molecule has 6 nitrogen and oxygen atoms in total. The Morgan fingerprint density at radius 3 is 1.48 bits per heavy atom. The normalized spacial score (nSPS) is 14.8. The molecule has 0 heterocycles. The Labute approximate surface area is 247 Å². The molecule has 0 fully saturated rings. The number of hydrogen-bond donors (Lipinski definition) is 5. The van der Waals surface area contributed by atoms with Crippen molar-refractivity contribution in [1.29, 1.82) is 0 Å². The van der Waals surface area contributed by atoms with Crippen LogP contribution in [0, 0.1) is 0 Å². The van der Waals surface area contributed by atoms with Crippen LogP contribution < -0.4 is 5.32 Å². The van der Waals surface area contributed by atoms with Crippen molar-refractivity contribution in [2.24, 2.45) is 0 Å². The Kier molecular flexibility index (Phi) is 28.8. The van der Waals surface area contributed by atoms with Gasteiger partial charge in [0.1, 0.15) is 12.2 Å². The Bertz CT molecular complexity index is 571. The summed E-state index contributed by atoms with van der Waals surface area (Å²) in [5.74, 6) is -0.592. The van der Waals surface area contributed by atoms with Gasteiger partial charge in [0.05, 0.1) is 18.8 Å². The highest BCUT2D eigenvalue weighted by Gasteiger charge is 2.28. The summed E-state index contributed by atoms with van der Waals surface area (Å²) in [6, 6.07) is -0.981. The number of allylic oxidation sites excluding steroid dienone is 2. The van der Waals surface area contributed by atoms with Crippen LogP contribution in [0.3, 0.4) is 0 Å². The van der Waals surface area contributed by atoms with Crippen LogP contribution in [0.25, 0.3) is 0 Å². The van der Waals surface area contributed by atoms with Gasteiger partial charge in [0.25, 0.3) is 0 Å². The molecule has 0 aliphatic carbocycles. The van der Waals surface area contributed by atoms with E-state index in [1.165, 1.54) is 96.3 Å². The van der Waals surface area contributed by atoms with Crippen LogP contribution in [-0.4, -0.2) is 57.3 Å². The summed E-state index contributed by atoms with van der Waals surface area (Å²) >= 11 is 0. The van der Waals surface area contributed by atoms with Crippen molar-refractivity contribution in [3.63, 3.8) is 0 Å². The summed E-state index contributed by atoms with van der Waals surface area (Å²) in [4.78, 5) is 12.4. The number of nitrogens with one attached hydrogen (secondary N) is 1. The molecular weight excluding hydrogens is 502 g/mol. The van der Waals surface area contributed by atoms with Gasteiger partial charge in [-0.15, -0.1) is 0 Å². The lowest BCUT2D eigenvalue weighted by Crippen LogP contribution is -2.53. The van der Waals surface area contributed by atoms with Gasteiger partial charge in [-0.3, -0.25) is 4.79 Å². The van der Waals surface area contributed by atoms with Gasteiger partial charge < -0.3 is 25.7 Å².